The first-order valence-corrected chi connectivity index (χ1v) is 16.3. The van der Waals surface area contributed by atoms with Crippen LogP contribution in [0.1, 0.15) is 75.0 Å². The number of piperidine rings is 1. The number of amides is 1. The molecule has 1 saturated heterocycles. The van der Waals surface area contributed by atoms with E-state index in [0.29, 0.717) is 48.7 Å². The average molecular weight is 590 g/mol. The maximum absolute atomic E-state index is 14.8. The molecule has 2 aromatic rings. The summed E-state index contributed by atoms with van der Waals surface area (Å²) in [6.07, 6.45) is 7.16. The largest absolute Gasteiger partial charge is 0.330 e. The van der Waals surface area contributed by atoms with Gasteiger partial charge in [0.25, 0.3) is 0 Å². The highest BCUT2D eigenvalue weighted by atomic mass is 35.5. The molecule has 1 heterocycles. The van der Waals surface area contributed by atoms with Crippen LogP contribution < -0.4 is 0 Å². The Kier molecular flexibility index (Phi) is 8.23. The molecule has 39 heavy (non-hydrogen) atoms. The minimum atomic E-state index is -3.38. The first kappa shape index (κ1) is 28.7. The summed E-state index contributed by atoms with van der Waals surface area (Å²) in [6, 6.07) is 15.2. The highest BCUT2D eigenvalue weighted by Crippen LogP contribution is 2.55. The molecule has 8 heteroatoms. The Morgan fingerprint density at radius 3 is 2.33 bits per heavy atom. The molecule has 5 nitrogen and oxygen atoms in total. The number of hydrogen-bond acceptors (Lipinski definition) is 3. The van der Waals surface area contributed by atoms with Crippen molar-refractivity contribution in [3.05, 3.63) is 82.4 Å². The first-order chi connectivity index (χ1) is 18.6. The van der Waals surface area contributed by atoms with Crippen molar-refractivity contribution < 1.29 is 13.2 Å². The second-order valence-electron chi connectivity index (χ2n) is 11.6. The van der Waals surface area contributed by atoms with Crippen LogP contribution in [-0.4, -0.2) is 48.4 Å². The van der Waals surface area contributed by atoms with Crippen LogP contribution in [0.3, 0.4) is 0 Å². The number of sulfonamides is 1. The number of carbonyl (C=O) groups excluding carboxylic acids is 1. The van der Waals surface area contributed by atoms with Crippen molar-refractivity contribution >= 4 is 39.1 Å². The van der Waals surface area contributed by atoms with E-state index in [4.69, 9.17) is 23.2 Å². The van der Waals surface area contributed by atoms with Gasteiger partial charge in [-0.2, -0.15) is 0 Å². The molecular formula is C31H38Cl2N2O3S. The third-order valence-electron chi connectivity index (χ3n) is 9.03. The number of allylic oxidation sites excluding steroid dienone is 1. The Balaban J connectivity index is 1.66. The number of benzene rings is 2. The van der Waals surface area contributed by atoms with Crippen molar-refractivity contribution in [2.24, 2.45) is 11.3 Å². The Labute approximate surface area is 243 Å². The van der Waals surface area contributed by atoms with Gasteiger partial charge in [0.2, 0.25) is 15.9 Å². The lowest BCUT2D eigenvalue weighted by molar-refractivity contribution is -0.157. The van der Waals surface area contributed by atoms with Crippen molar-refractivity contribution in [3.8, 4) is 0 Å². The van der Waals surface area contributed by atoms with Crippen LogP contribution in [0.2, 0.25) is 10.0 Å². The van der Waals surface area contributed by atoms with E-state index in [1.807, 2.05) is 48.5 Å². The molecule has 0 radical (unpaired) electrons. The highest BCUT2D eigenvalue weighted by molar-refractivity contribution is 7.90. The number of likely N-dealkylation sites (N-methyl/N-ethyl adjacent to an activating group) is 1. The summed E-state index contributed by atoms with van der Waals surface area (Å²) in [4.78, 5) is 16.8. The monoisotopic (exact) mass is 588 g/mol. The number of carbonyl (C=O) groups is 1. The molecule has 0 N–H and O–H groups in total. The molecule has 2 aliphatic carbocycles. The van der Waals surface area contributed by atoms with Gasteiger partial charge in [0.15, 0.2) is 0 Å². The maximum atomic E-state index is 14.8. The molecule has 0 aromatic heterocycles. The smallest absolute Gasteiger partial charge is 0.229 e. The van der Waals surface area contributed by atoms with Gasteiger partial charge in [0.1, 0.15) is 0 Å². The fourth-order valence-corrected chi connectivity index (χ4v) is 8.41. The van der Waals surface area contributed by atoms with Crippen LogP contribution in [0.25, 0.3) is 0 Å². The lowest BCUT2D eigenvalue weighted by Crippen LogP contribution is -2.59. The molecule has 1 amide bonds. The standard InChI is InChI=1S/C31H38Cl2N2O3S/c1-4-17-31(5-2)19-27(23-7-6-8-25(33)18-23)29(22-11-13-24(32)14-12-22)35(30(31)36)28(21-9-10-21)20-34(3)39(37,38)26-15-16-26/h4,6-8,11-14,18,21,26-29H,1,5,9-10,15-17,19-20H2,2-3H3/t27-,28?,29-,31+/m1/s1. The summed E-state index contributed by atoms with van der Waals surface area (Å²) in [7, 11) is -1.70. The van der Waals surface area contributed by atoms with Gasteiger partial charge in [0, 0.05) is 35.6 Å². The third kappa shape index (κ3) is 5.68. The molecule has 5 rings (SSSR count). The lowest BCUT2D eigenvalue weighted by Gasteiger charge is -2.53. The van der Waals surface area contributed by atoms with E-state index in [2.05, 4.69) is 24.5 Å². The van der Waals surface area contributed by atoms with Crippen molar-refractivity contribution in [1.29, 1.82) is 0 Å². The van der Waals surface area contributed by atoms with Gasteiger partial charge in [0.05, 0.1) is 16.7 Å². The number of rotatable bonds is 11. The van der Waals surface area contributed by atoms with E-state index in [-0.39, 0.29) is 35.1 Å². The molecule has 0 spiro atoms. The second kappa shape index (κ2) is 11.2. The van der Waals surface area contributed by atoms with Gasteiger partial charge in [-0.1, -0.05) is 60.5 Å². The van der Waals surface area contributed by atoms with E-state index in [1.54, 1.807) is 7.05 Å². The fraction of sp³-hybridized carbons (Fsp3) is 0.516. The summed E-state index contributed by atoms with van der Waals surface area (Å²) < 4.78 is 27.9. The summed E-state index contributed by atoms with van der Waals surface area (Å²) in [5, 5.41) is 1.00. The molecule has 4 atom stereocenters. The molecule has 0 bridgehead atoms. The minimum absolute atomic E-state index is 0.0333. The van der Waals surface area contributed by atoms with Crippen molar-refractivity contribution in [1.82, 2.24) is 9.21 Å². The van der Waals surface area contributed by atoms with E-state index in [9.17, 15) is 13.2 Å². The van der Waals surface area contributed by atoms with Crippen LogP contribution >= 0.6 is 23.2 Å². The van der Waals surface area contributed by atoms with Gasteiger partial charge in [-0.25, -0.2) is 12.7 Å². The van der Waals surface area contributed by atoms with Crippen LogP contribution in [0.15, 0.2) is 61.2 Å². The summed E-state index contributed by atoms with van der Waals surface area (Å²) in [5.41, 5.74) is 1.45. The van der Waals surface area contributed by atoms with Crippen LogP contribution in [0, 0.1) is 11.3 Å². The highest BCUT2D eigenvalue weighted by Gasteiger charge is 2.55. The lowest BCUT2D eigenvalue weighted by atomic mass is 9.64. The molecule has 1 aliphatic heterocycles. The number of hydrogen-bond donors (Lipinski definition) is 0. The molecule has 210 valence electrons. The number of halogens is 2. The van der Waals surface area contributed by atoms with E-state index in [1.165, 1.54) is 4.31 Å². The van der Waals surface area contributed by atoms with Gasteiger partial charge in [-0.3, -0.25) is 4.79 Å². The Hall–Kier alpha value is -1.86. The number of nitrogens with zero attached hydrogens (tertiary/aromatic N) is 2. The van der Waals surface area contributed by atoms with Crippen molar-refractivity contribution in [2.45, 2.75) is 75.1 Å². The zero-order chi connectivity index (χ0) is 27.9. The van der Waals surface area contributed by atoms with Crippen LogP contribution in [-0.2, 0) is 14.8 Å². The molecule has 3 fully saturated rings. The summed E-state index contributed by atoms with van der Waals surface area (Å²) in [5.74, 6) is 0.323. The second-order valence-corrected chi connectivity index (χ2v) is 14.8. The third-order valence-corrected chi connectivity index (χ3v) is 11.8. The van der Waals surface area contributed by atoms with Gasteiger partial charge < -0.3 is 4.90 Å². The van der Waals surface area contributed by atoms with Crippen LogP contribution in [0.4, 0.5) is 0 Å². The van der Waals surface area contributed by atoms with Crippen LogP contribution in [0.5, 0.6) is 0 Å². The Bertz CT molecular complexity index is 1320. The molecule has 2 saturated carbocycles. The SMILES string of the molecule is C=CC[C@@]1(CC)C[C@H](c2cccc(Cl)c2)[C@@H](c2ccc(Cl)cc2)N(C(CN(C)S(=O)(=O)C2CC2)C2CC2)C1=O. The topological polar surface area (TPSA) is 57.7 Å². The predicted octanol–water partition coefficient (Wildman–Crippen LogP) is 7.23. The number of likely N-dealkylation sites (tertiary alicyclic amines) is 1. The summed E-state index contributed by atoms with van der Waals surface area (Å²) >= 11 is 12.8. The Morgan fingerprint density at radius 1 is 1.08 bits per heavy atom. The van der Waals surface area contributed by atoms with E-state index >= 15 is 0 Å². The van der Waals surface area contributed by atoms with Gasteiger partial charge >= 0.3 is 0 Å². The Morgan fingerprint density at radius 2 is 1.77 bits per heavy atom. The normalized spacial score (nSPS) is 26.6. The van der Waals surface area contributed by atoms with Crippen molar-refractivity contribution in [2.75, 3.05) is 13.6 Å². The van der Waals surface area contributed by atoms with E-state index in [0.717, 1.165) is 24.0 Å². The molecule has 3 aliphatic rings. The van der Waals surface area contributed by atoms with E-state index < -0.39 is 15.4 Å². The maximum Gasteiger partial charge on any atom is 0.229 e. The average Bonchev–Trinajstić information content (AvgIpc) is 3.82. The first-order valence-electron chi connectivity index (χ1n) is 14.0. The fourth-order valence-electron chi connectivity index (χ4n) is 6.48. The predicted molar refractivity (Wildman–Crippen MR) is 158 cm³/mol. The zero-order valence-electron chi connectivity index (χ0n) is 22.7. The van der Waals surface area contributed by atoms with Gasteiger partial charge in [-0.05, 0) is 86.3 Å². The molecule has 1 unspecified atom stereocenters. The molecular weight excluding hydrogens is 551 g/mol. The van der Waals surface area contributed by atoms with Gasteiger partial charge in [-0.15, -0.1) is 6.58 Å². The summed E-state index contributed by atoms with van der Waals surface area (Å²) in [6.45, 7) is 6.39. The quantitative estimate of drug-likeness (QED) is 0.260. The van der Waals surface area contributed by atoms with Crippen molar-refractivity contribution in [3.63, 3.8) is 0 Å². The molecule has 2 aromatic carbocycles. The zero-order valence-corrected chi connectivity index (χ0v) is 25.1. The minimum Gasteiger partial charge on any atom is -0.330 e.